The Morgan fingerprint density at radius 3 is 2.19 bits per heavy atom. The SMILES string of the molecule is Cc1ccc(/C(O)=C2\C(=O)C(=O)N(CCOCCO)C2c2ccc(C(C)(C)C)cc2)cc1. The van der Waals surface area contributed by atoms with Crippen molar-refractivity contribution >= 4 is 17.4 Å². The van der Waals surface area contributed by atoms with Crippen LogP contribution in [0.5, 0.6) is 0 Å². The zero-order chi connectivity index (χ0) is 23.5. The molecule has 170 valence electrons. The normalized spacial score (nSPS) is 18.4. The summed E-state index contributed by atoms with van der Waals surface area (Å²) >= 11 is 0. The summed E-state index contributed by atoms with van der Waals surface area (Å²) in [4.78, 5) is 27.3. The van der Waals surface area contributed by atoms with E-state index in [2.05, 4.69) is 20.8 Å². The predicted molar refractivity (Wildman–Crippen MR) is 123 cm³/mol. The minimum Gasteiger partial charge on any atom is -0.507 e. The number of aliphatic hydroxyl groups excluding tert-OH is 2. The molecule has 1 atom stereocenters. The number of aliphatic hydroxyl groups is 2. The van der Waals surface area contributed by atoms with E-state index in [-0.39, 0.29) is 43.1 Å². The van der Waals surface area contributed by atoms with Gasteiger partial charge in [-0.05, 0) is 23.5 Å². The lowest BCUT2D eigenvalue weighted by molar-refractivity contribution is -0.140. The summed E-state index contributed by atoms with van der Waals surface area (Å²) in [5.74, 6) is -1.57. The van der Waals surface area contributed by atoms with Crippen LogP contribution in [0.1, 0.15) is 49.1 Å². The van der Waals surface area contributed by atoms with E-state index in [0.717, 1.165) is 16.7 Å². The highest BCUT2D eigenvalue weighted by Crippen LogP contribution is 2.39. The van der Waals surface area contributed by atoms with E-state index in [1.165, 1.54) is 4.90 Å². The van der Waals surface area contributed by atoms with E-state index in [1.54, 1.807) is 12.1 Å². The molecule has 2 aromatic rings. The van der Waals surface area contributed by atoms with E-state index in [9.17, 15) is 14.7 Å². The monoisotopic (exact) mass is 437 g/mol. The first-order valence-corrected chi connectivity index (χ1v) is 10.8. The first-order valence-electron chi connectivity index (χ1n) is 10.8. The number of aryl methyl sites for hydroxylation is 1. The largest absolute Gasteiger partial charge is 0.507 e. The molecule has 32 heavy (non-hydrogen) atoms. The van der Waals surface area contributed by atoms with Gasteiger partial charge < -0.3 is 19.8 Å². The first-order chi connectivity index (χ1) is 15.1. The van der Waals surface area contributed by atoms with Gasteiger partial charge in [0.05, 0.1) is 31.4 Å². The Morgan fingerprint density at radius 1 is 1.00 bits per heavy atom. The molecule has 1 heterocycles. The Hall–Kier alpha value is -2.96. The van der Waals surface area contributed by atoms with E-state index >= 15 is 0 Å². The number of hydrogen-bond acceptors (Lipinski definition) is 5. The number of hydrogen-bond donors (Lipinski definition) is 2. The van der Waals surface area contributed by atoms with Gasteiger partial charge in [-0.25, -0.2) is 0 Å². The summed E-state index contributed by atoms with van der Waals surface area (Å²) in [6.45, 7) is 8.65. The van der Waals surface area contributed by atoms with Crippen LogP contribution >= 0.6 is 0 Å². The number of benzene rings is 2. The Bertz CT molecular complexity index is 1000. The fourth-order valence-electron chi connectivity index (χ4n) is 3.82. The molecular weight excluding hydrogens is 406 g/mol. The van der Waals surface area contributed by atoms with Gasteiger partial charge in [0.1, 0.15) is 5.76 Å². The van der Waals surface area contributed by atoms with Gasteiger partial charge in [0.15, 0.2) is 0 Å². The molecule has 2 aromatic carbocycles. The average Bonchev–Trinajstić information content (AvgIpc) is 3.01. The third-order valence-electron chi connectivity index (χ3n) is 5.67. The number of ether oxygens (including phenoxy) is 1. The number of likely N-dealkylation sites (tertiary alicyclic amines) is 1. The molecule has 1 fully saturated rings. The Morgan fingerprint density at radius 2 is 1.62 bits per heavy atom. The summed E-state index contributed by atoms with van der Waals surface area (Å²) in [7, 11) is 0. The standard InChI is InChI=1S/C26H31NO5/c1-17-5-7-19(8-6-17)23(29)21-22(18-9-11-20(12-10-18)26(2,3)4)27(25(31)24(21)30)13-15-32-16-14-28/h5-12,22,28-29H,13-16H2,1-4H3/b23-21+. The molecule has 0 spiro atoms. The third kappa shape index (κ3) is 4.92. The van der Waals surface area contributed by atoms with Gasteiger partial charge in [0.25, 0.3) is 11.7 Å². The van der Waals surface area contributed by atoms with Crippen molar-refractivity contribution in [2.24, 2.45) is 0 Å². The number of amides is 1. The zero-order valence-corrected chi connectivity index (χ0v) is 19.1. The van der Waals surface area contributed by atoms with E-state index in [4.69, 9.17) is 9.84 Å². The lowest BCUT2D eigenvalue weighted by Crippen LogP contribution is -2.33. The second-order valence-electron chi connectivity index (χ2n) is 9.07. The summed E-state index contributed by atoms with van der Waals surface area (Å²) in [6.07, 6.45) is 0. The molecule has 1 aliphatic rings. The van der Waals surface area contributed by atoms with Gasteiger partial charge in [-0.15, -0.1) is 0 Å². The summed E-state index contributed by atoms with van der Waals surface area (Å²) in [5, 5.41) is 20.0. The Labute approximate surface area is 189 Å². The highest BCUT2D eigenvalue weighted by Gasteiger charge is 2.45. The molecule has 0 bridgehead atoms. The summed E-state index contributed by atoms with van der Waals surface area (Å²) in [6, 6.07) is 14.2. The maximum atomic E-state index is 13.0. The van der Waals surface area contributed by atoms with Gasteiger partial charge in [0, 0.05) is 12.1 Å². The number of Topliss-reactive ketones (excluding diaryl/α,β-unsaturated/α-hetero) is 1. The zero-order valence-electron chi connectivity index (χ0n) is 19.1. The van der Waals surface area contributed by atoms with Crippen LogP contribution in [-0.2, 0) is 19.7 Å². The predicted octanol–water partition coefficient (Wildman–Crippen LogP) is 3.72. The molecule has 3 rings (SSSR count). The minimum atomic E-state index is -0.719. The van der Waals surface area contributed by atoms with Crippen molar-refractivity contribution < 1.29 is 24.5 Å². The van der Waals surface area contributed by atoms with E-state index < -0.39 is 17.7 Å². The van der Waals surface area contributed by atoms with Crippen LogP contribution in [0.25, 0.3) is 5.76 Å². The van der Waals surface area contributed by atoms with E-state index in [1.807, 2.05) is 43.3 Å². The molecule has 0 aromatic heterocycles. The topological polar surface area (TPSA) is 87.1 Å². The van der Waals surface area contributed by atoms with Gasteiger partial charge in [-0.3, -0.25) is 9.59 Å². The number of ketones is 1. The van der Waals surface area contributed by atoms with Crippen molar-refractivity contribution in [2.75, 3.05) is 26.4 Å². The quantitative estimate of drug-likeness (QED) is 0.298. The van der Waals surface area contributed by atoms with Gasteiger partial charge in [-0.2, -0.15) is 0 Å². The van der Waals surface area contributed by atoms with Crippen molar-refractivity contribution in [1.29, 1.82) is 0 Å². The lowest BCUT2D eigenvalue weighted by Gasteiger charge is -2.26. The van der Waals surface area contributed by atoms with Gasteiger partial charge in [0.2, 0.25) is 0 Å². The van der Waals surface area contributed by atoms with Crippen molar-refractivity contribution in [3.05, 3.63) is 76.4 Å². The fourth-order valence-corrected chi connectivity index (χ4v) is 3.82. The van der Waals surface area contributed by atoms with Crippen LogP contribution in [0.3, 0.4) is 0 Å². The van der Waals surface area contributed by atoms with Crippen molar-refractivity contribution in [2.45, 2.75) is 39.2 Å². The van der Waals surface area contributed by atoms with Crippen molar-refractivity contribution in [1.82, 2.24) is 4.90 Å². The summed E-state index contributed by atoms with van der Waals surface area (Å²) in [5.41, 5.74) is 3.42. The van der Waals surface area contributed by atoms with Gasteiger partial charge >= 0.3 is 0 Å². The Balaban J connectivity index is 2.07. The van der Waals surface area contributed by atoms with Crippen LogP contribution in [-0.4, -0.2) is 53.2 Å². The third-order valence-corrected chi connectivity index (χ3v) is 5.67. The molecule has 1 saturated heterocycles. The van der Waals surface area contributed by atoms with Crippen LogP contribution < -0.4 is 0 Å². The maximum absolute atomic E-state index is 13.0. The highest BCUT2D eigenvalue weighted by atomic mass is 16.5. The van der Waals surface area contributed by atoms with Crippen LogP contribution in [0.2, 0.25) is 0 Å². The second-order valence-corrected chi connectivity index (χ2v) is 9.07. The molecule has 2 N–H and O–H groups in total. The number of nitrogens with zero attached hydrogens (tertiary/aromatic N) is 1. The highest BCUT2D eigenvalue weighted by molar-refractivity contribution is 6.46. The molecule has 6 heteroatoms. The average molecular weight is 438 g/mol. The van der Waals surface area contributed by atoms with Crippen LogP contribution in [0.15, 0.2) is 54.1 Å². The molecule has 6 nitrogen and oxygen atoms in total. The van der Waals surface area contributed by atoms with Crippen molar-refractivity contribution in [3.63, 3.8) is 0 Å². The molecule has 0 radical (unpaired) electrons. The van der Waals surface area contributed by atoms with Crippen LogP contribution in [0, 0.1) is 6.92 Å². The number of rotatable bonds is 7. The number of carbonyl (C=O) groups is 2. The minimum absolute atomic E-state index is 0.0413. The summed E-state index contributed by atoms with van der Waals surface area (Å²) < 4.78 is 5.34. The van der Waals surface area contributed by atoms with Gasteiger partial charge in [-0.1, -0.05) is 74.9 Å². The van der Waals surface area contributed by atoms with Crippen LogP contribution in [0.4, 0.5) is 0 Å². The molecule has 0 saturated carbocycles. The fraction of sp³-hybridized carbons (Fsp3) is 0.385. The van der Waals surface area contributed by atoms with E-state index in [0.29, 0.717) is 5.56 Å². The molecule has 1 amide bonds. The maximum Gasteiger partial charge on any atom is 0.295 e. The first kappa shape index (κ1) is 23.7. The molecular formula is C26H31NO5. The molecule has 0 aliphatic carbocycles. The Kier molecular flexibility index (Phi) is 7.16. The molecule has 1 unspecified atom stereocenters. The van der Waals surface area contributed by atoms with Crippen molar-refractivity contribution in [3.8, 4) is 0 Å². The lowest BCUT2D eigenvalue weighted by atomic mass is 9.85. The number of carbonyl (C=O) groups excluding carboxylic acids is 2. The smallest absolute Gasteiger partial charge is 0.295 e. The second kappa shape index (κ2) is 9.67. The molecule has 1 aliphatic heterocycles.